The number of pyridine rings is 1. The Kier molecular flexibility index (Phi) is 3.80. The van der Waals surface area contributed by atoms with Crippen LogP contribution in [0.1, 0.15) is 11.1 Å². The number of hydrogen-bond donors (Lipinski definition) is 3. The predicted molar refractivity (Wildman–Crippen MR) is 87.2 cm³/mol. The van der Waals surface area contributed by atoms with Gasteiger partial charge in [-0.05, 0) is 36.8 Å². The molecule has 0 amide bonds. The molecule has 0 aliphatic heterocycles. The van der Waals surface area contributed by atoms with E-state index in [1.54, 1.807) is 31.5 Å². The Labute approximate surface area is 131 Å². The SMILES string of the molecule is Cc1ccc(Nc2c(C=CC(=O)O)cnc3[nH]ccc23)cc1F. The van der Waals surface area contributed by atoms with Gasteiger partial charge in [-0.1, -0.05) is 6.07 Å². The molecule has 0 atom stereocenters. The van der Waals surface area contributed by atoms with E-state index in [0.29, 0.717) is 28.1 Å². The van der Waals surface area contributed by atoms with Crippen molar-refractivity contribution in [3.63, 3.8) is 0 Å². The first-order chi connectivity index (χ1) is 11.0. The van der Waals surface area contributed by atoms with Gasteiger partial charge in [-0.3, -0.25) is 0 Å². The minimum atomic E-state index is -1.05. The van der Waals surface area contributed by atoms with Gasteiger partial charge in [0, 0.05) is 35.1 Å². The zero-order valence-corrected chi connectivity index (χ0v) is 12.3. The molecule has 0 radical (unpaired) electrons. The average molecular weight is 311 g/mol. The summed E-state index contributed by atoms with van der Waals surface area (Å²) < 4.78 is 13.7. The van der Waals surface area contributed by atoms with Gasteiger partial charge in [-0.2, -0.15) is 0 Å². The fourth-order valence-corrected chi connectivity index (χ4v) is 2.27. The first-order valence-electron chi connectivity index (χ1n) is 6.95. The molecule has 23 heavy (non-hydrogen) atoms. The lowest BCUT2D eigenvalue weighted by atomic mass is 10.1. The molecule has 116 valence electrons. The molecule has 5 nitrogen and oxygen atoms in total. The Morgan fingerprint density at radius 2 is 2.22 bits per heavy atom. The van der Waals surface area contributed by atoms with Gasteiger partial charge in [-0.15, -0.1) is 0 Å². The van der Waals surface area contributed by atoms with E-state index < -0.39 is 5.97 Å². The van der Waals surface area contributed by atoms with Crippen molar-refractivity contribution in [2.45, 2.75) is 6.92 Å². The van der Waals surface area contributed by atoms with E-state index in [1.807, 2.05) is 6.07 Å². The smallest absolute Gasteiger partial charge is 0.328 e. The number of aryl methyl sites for hydroxylation is 1. The van der Waals surface area contributed by atoms with E-state index in [0.717, 1.165) is 11.5 Å². The van der Waals surface area contributed by atoms with Crippen molar-refractivity contribution in [2.75, 3.05) is 5.32 Å². The molecule has 2 aromatic heterocycles. The lowest BCUT2D eigenvalue weighted by Crippen LogP contribution is -1.97. The Hall–Kier alpha value is -3.15. The normalized spacial score (nSPS) is 11.2. The van der Waals surface area contributed by atoms with E-state index in [1.165, 1.54) is 12.1 Å². The van der Waals surface area contributed by atoms with Crippen molar-refractivity contribution in [2.24, 2.45) is 0 Å². The number of H-pyrrole nitrogens is 1. The molecule has 3 N–H and O–H groups in total. The van der Waals surface area contributed by atoms with Gasteiger partial charge in [0.25, 0.3) is 0 Å². The molecule has 3 aromatic rings. The minimum absolute atomic E-state index is 0.308. The number of carboxylic acids is 1. The summed E-state index contributed by atoms with van der Waals surface area (Å²) in [6.07, 6.45) is 5.79. The molecule has 0 fully saturated rings. The summed E-state index contributed by atoms with van der Waals surface area (Å²) in [4.78, 5) is 18.0. The van der Waals surface area contributed by atoms with Gasteiger partial charge < -0.3 is 15.4 Å². The summed E-state index contributed by atoms with van der Waals surface area (Å²) >= 11 is 0. The third-order valence-electron chi connectivity index (χ3n) is 3.46. The van der Waals surface area contributed by atoms with Crippen LogP contribution in [-0.4, -0.2) is 21.0 Å². The Morgan fingerprint density at radius 1 is 1.39 bits per heavy atom. The van der Waals surface area contributed by atoms with E-state index >= 15 is 0 Å². The van der Waals surface area contributed by atoms with Crippen molar-refractivity contribution in [1.29, 1.82) is 0 Å². The largest absolute Gasteiger partial charge is 0.478 e. The van der Waals surface area contributed by atoms with E-state index in [4.69, 9.17) is 5.11 Å². The monoisotopic (exact) mass is 311 g/mol. The highest BCUT2D eigenvalue weighted by molar-refractivity contribution is 5.97. The zero-order chi connectivity index (χ0) is 16.4. The van der Waals surface area contributed by atoms with Gasteiger partial charge in [0.15, 0.2) is 0 Å². The van der Waals surface area contributed by atoms with Gasteiger partial charge in [0.2, 0.25) is 0 Å². The van der Waals surface area contributed by atoms with Crippen LogP contribution < -0.4 is 5.32 Å². The molecule has 1 aromatic carbocycles. The predicted octanol–water partition coefficient (Wildman–Crippen LogP) is 3.85. The van der Waals surface area contributed by atoms with E-state index in [2.05, 4.69) is 15.3 Å². The van der Waals surface area contributed by atoms with Crippen LogP contribution in [0.5, 0.6) is 0 Å². The summed E-state index contributed by atoms with van der Waals surface area (Å²) in [7, 11) is 0. The molecule has 0 bridgehead atoms. The average Bonchev–Trinajstić information content (AvgIpc) is 2.99. The zero-order valence-electron chi connectivity index (χ0n) is 12.3. The Bertz CT molecular complexity index is 915. The van der Waals surface area contributed by atoms with Crippen molar-refractivity contribution in [3.05, 3.63) is 59.7 Å². The number of hydrogen-bond acceptors (Lipinski definition) is 3. The maximum atomic E-state index is 13.7. The number of fused-ring (bicyclic) bond motifs is 1. The van der Waals surface area contributed by atoms with Crippen LogP contribution in [0.3, 0.4) is 0 Å². The van der Waals surface area contributed by atoms with Crippen LogP contribution in [0.15, 0.2) is 42.7 Å². The van der Waals surface area contributed by atoms with Crippen molar-refractivity contribution in [3.8, 4) is 0 Å². The number of nitrogens with one attached hydrogen (secondary N) is 2. The summed E-state index contributed by atoms with van der Waals surface area (Å²) in [5, 5.41) is 12.8. The van der Waals surface area contributed by atoms with Crippen LogP contribution in [0.4, 0.5) is 15.8 Å². The number of rotatable bonds is 4. The molecule has 2 heterocycles. The first kappa shape index (κ1) is 14.8. The second kappa shape index (κ2) is 5.92. The molecular weight excluding hydrogens is 297 g/mol. The Balaban J connectivity index is 2.09. The molecule has 0 saturated carbocycles. The quantitative estimate of drug-likeness (QED) is 0.639. The minimum Gasteiger partial charge on any atom is -0.478 e. The molecule has 0 unspecified atom stereocenters. The van der Waals surface area contributed by atoms with E-state index in [9.17, 15) is 9.18 Å². The van der Waals surface area contributed by atoms with Crippen LogP contribution in [0.25, 0.3) is 17.1 Å². The highest BCUT2D eigenvalue weighted by atomic mass is 19.1. The summed E-state index contributed by atoms with van der Waals surface area (Å²) in [5.74, 6) is -1.36. The summed E-state index contributed by atoms with van der Waals surface area (Å²) in [6, 6.07) is 6.67. The van der Waals surface area contributed by atoms with Crippen molar-refractivity contribution >= 4 is 34.5 Å². The lowest BCUT2D eigenvalue weighted by molar-refractivity contribution is -0.131. The summed E-state index contributed by atoms with van der Waals surface area (Å²) in [5.41, 5.74) is 3.06. The molecule has 6 heteroatoms. The van der Waals surface area contributed by atoms with Gasteiger partial charge >= 0.3 is 5.97 Å². The van der Waals surface area contributed by atoms with Gasteiger partial charge in [0.05, 0.1) is 5.69 Å². The fraction of sp³-hybridized carbons (Fsp3) is 0.0588. The van der Waals surface area contributed by atoms with Gasteiger partial charge in [0.1, 0.15) is 11.5 Å². The standard InChI is InChI=1S/C17H14FN3O2/c1-10-2-4-12(8-14(10)18)21-16-11(3-5-15(22)23)9-20-17-13(16)6-7-19-17/h2-9H,1H3,(H,22,23)(H2,19,20,21). The number of carbonyl (C=O) groups is 1. The number of aliphatic carboxylic acids is 1. The number of nitrogens with zero attached hydrogens (tertiary/aromatic N) is 1. The molecule has 0 spiro atoms. The second-order valence-corrected chi connectivity index (χ2v) is 5.09. The maximum Gasteiger partial charge on any atom is 0.328 e. The first-order valence-corrected chi connectivity index (χ1v) is 6.95. The number of aromatic amines is 1. The molecule has 0 saturated heterocycles. The molecule has 3 rings (SSSR count). The lowest BCUT2D eigenvalue weighted by Gasteiger charge is -2.12. The third kappa shape index (κ3) is 3.06. The van der Waals surface area contributed by atoms with E-state index in [-0.39, 0.29) is 5.82 Å². The fourth-order valence-electron chi connectivity index (χ4n) is 2.27. The van der Waals surface area contributed by atoms with Gasteiger partial charge in [-0.25, -0.2) is 14.2 Å². The second-order valence-electron chi connectivity index (χ2n) is 5.09. The van der Waals surface area contributed by atoms with Crippen LogP contribution in [-0.2, 0) is 4.79 Å². The molecular formula is C17H14FN3O2. The highest BCUT2D eigenvalue weighted by Gasteiger charge is 2.10. The number of carboxylic acid groups (broad SMARTS) is 1. The van der Waals surface area contributed by atoms with Crippen LogP contribution in [0, 0.1) is 12.7 Å². The highest BCUT2D eigenvalue weighted by Crippen LogP contribution is 2.30. The number of benzene rings is 1. The topological polar surface area (TPSA) is 78.0 Å². The van der Waals surface area contributed by atoms with Crippen molar-refractivity contribution < 1.29 is 14.3 Å². The summed E-state index contributed by atoms with van der Waals surface area (Å²) in [6.45, 7) is 1.69. The van der Waals surface area contributed by atoms with Crippen molar-refractivity contribution in [1.82, 2.24) is 9.97 Å². The molecule has 0 aliphatic carbocycles. The molecule has 0 aliphatic rings. The van der Waals surface area contributed by atoms with Crippen LogP contribution >= 0.6 is 0 Å². The number of anilines is 2. The maximum absolute atomic E-state index is 13.7. The number of halogens is 1. The number of aromatic nitrogens is 2. The third-order valence-corrected chi connectivity index (χ3v) is 3.46. The van der Waals surface area contributed by atoms with Crippen LogP contribution in [0.2, 0.25) is 0 Å². The Morgan fingerprint density at radius 3 is 2.96 bits per heavy atom.